The number of nitrogens with zero attached hydrogens (tertiary/aromatic N) is 3. The van der Waals surface area contributed by atoms with Gasteiger partial charge >= 0.3 is 0 Å². The number of hydrogen-bond donors (Lipinski definition) is 1. The summed E-state index contributed by atoms with van der Waals surface area (Å²) in [5, 5.41) is 11.4. The van der Waals surface area contributed by atoms with Crippen LogP contribution in [0.5, 0.6) is 5.75 Å². The van der Waals surface area contributed by atoms with E-state index in [4.69, 9.17) is 17.0 Å². The van der Waals surface area contributed by atoms with Gasteiger partial charge in [-0.1, -0.05) is 35.0 Å². The van der Waals surface area contributed by atoms with Gasteiger partial charge in [0.15, 0.2) is 5.82 Å². The fraction of sp³-hybridized carbons (Fsp3) is 0.211. The minimum Gasteiger partial charge on any atom is -0.489 e. The molecule has 0 spiro atoms. The van der Waals surface area contributed by atoms with Crippen molar-refractivity contribution in [2.75, 3.05) is 0 Å². The fourth-order valence-electron chi connectivity index (χ4n) is 2.35. The molecule has 1 heterocycles. The summed E-state index contributed by atoms with van der Waals surface area (Å²) in [6, 6.07) is 15.9. The Hall–Kier alpha value is -2.25. The molecule has 0 aliphatic heterocycles. The Balaban J connectivity index is 1.63. The lowest BCUT2D eigenvalue weighted by atomic mass is 10.2. The normalized spacial score (nSPS) is 11.2. The Bertz CT molecular complexity index is 929. The first-order valence-electron chi connectivity index (χ1n) is 8.33. The van der Waals surface area contributed by atoms with E-state index >= 15 is 0 Å². The number of aromatic amines is 1. The molecule has 0 atom stereocenters. The Morgan fingerprint density at radius 3 is 2.62 bits per heavy atom. The van der Waals surface area contributed by atoms with Crippen LogP contribution in [0.3, 0.4) is 0 Å². The number of nitrogens with one attached hydrogen (secondary N) is 1. The van der Waals surface area contributed by atoms with E-state index in [2.05, 4.69) is 38.2 Å². The van der Waals surface area contributed by atoms with Crippen LogP contribution in [0.15, 0.2) is 58.1 Å². The summed E-state index contributed by atoms with van der Waals surface area (Å²) >= 11 is 8.65. The summed E-state index contributed by atoms with van der Waals surface area (Å²) in [5.74, 6) is 1.65. The van der Waals surface area contributed by atoms with Crippen LogP contribution >= 0.6 is 28.1 Å². The monoisotopic (exact) mass is 430 g/mol. The summed E-state index contributed by atoms with van der Waals surface area (Å²) in [4.78, 5) is 0. The maximum Gasteiger partial charge on any atom is 0.216 e. The summed E-state index contributed by atoms with van der Waals surface area (Å²) in [6.45, 7) is 2.63. The highest BCUT2D eigenvalue weighted by atomic mass is 79.9. The smallest absolute Gasteiger partial charge is 0.216 e. The molecule has 134 valence electrons. The molecule has 5 nitrogen and oxygen atoms in total. The maximum absolute atomic E-state index is 5.81. The third-order valence-corrected chi connectivity index (χ3v) is 4.51. The van der Waals surface area contributed by atoms with Gasteiger partial charge in [0.05, 0.1) is 6.21 Å². The molecule has 7 heteroatoms. The first kappa shape index (κ1) is 18.5. The lowest BCUT2D eigenvalue weighted by Gasteiger charge is -2.06. The number of halogens is 1. The van der Waals surface area contributed by atoms with Crippen molar-refractivity contribution in [3.8, 4) is 5.75 Å². The number of ether oxygens (including phenoxy) is 1. The van der Waals surface area contributed by atoms with Crippen LogP contribution in [0.4, 0.5) is 0 Å². The zero-order chi connectivity index (χ0) is 18.4. The summed E-state index contributed by atoms with van der Waals surface area (Å²) in [7, 11) is 0. The van der Waals surface area contributed by atoms with E-state index in [0.29, 0.717) is 11.4 Å². The molecule has 3 rings (SSSR count). The van der Waals surface area contributed by atoms with E-state index < -0.39 is 0 Å². The van der Waals surface area contributed by atoms with Crippen molar-refractivity contribution in [2.24, 2.45) is 5.10 Å². The molecule has 3 aromatic rings. The summed E-state index contributed by atoms with van der Waals surface area (Å²) in [5.41, 5.74) is 2.09. The van der Waals surface area contributed by atoms with Crippen LogP contribution in [0, 0.1) is 4.77 Å². The number of aryl methyl sites for hydroxylation is 1. The van der Waals surface area contributed by atoms with Crippen molar-refractivity contribution in [3.63, 3.8) is 0 Å². The van der Waals surface area contributed by atoms with Crippen LogP contribution in [0.25, 0.3) is 0 Å². The Labute approximate surface area is 165 Å². The van der Waals surface area contributed by atoms with Crippen LogP contribution in [0.1, 0.15) is 30.3 Å². The number of benzene rings is 2. The lowest BCUT2D eigenvalue weighted by Crippen LogP contribution is -1.99. The Morgan fingerprint density at radius 2 is 1.92 bits per heavy atom. The second-order valence-electron chi connectivity index (χ2n) is 5.74. The van der Waals surface area contributed by atoms with Crippen LogP contribution in [-0.2, 0) is 13.0 Å². The van der Waals surface area contributed by atoms with Crippen LogP contribution in [-0.4, -0.2) is 21.1 Å². The molecule has 0 amide bonds. The maximum atomic E-state index is 5.81. The molecule has 0 unspecified atom stereocenters. The topological polar surface area (TPSA) is 55.2 Å². The molecule has 1 aromatic heterocycles. The largest absolute Gasteiger partial charge is 0.489 e. The zero-order valence-electron chi connectivity index (χ0n) is 14.4. The van der Waals surface area contributed by atoms with E-state index in [1.165, 1.54) is 0 Å². The molecule has 0 aliphatic carbocycles. The van der Waals surface area contributed by atoms with E-state index in [1.807, 2.05) is 48.5 Å². The third-order valence-electron chi connectivity index (χ3n) is 3.71. The van der Waals surface area contributed by atoms with Crippen molar-refractivity contribution in [2.45, 2.75) is 26.4 Å². The van der Waals surface area contributed by atoms with Gasteiger partial charge in [-0.25, -0.2) is 0 Å². The fourth-order valence-corrected chi connectivity index (χ4v) is 2.81. The molecule has 0 saturated heterocycles. The van der Waals surface area contributed by atoms with Gasteiger partial charge in [0.1, 0.15) is 12.4 Å². The Kier molecular flexibility index (Phi) is 6.35. The van der Waals surface area contributed by atoms with E-state index in [1.54, 1.807) is 10.9 Å². The predicted molar refractivity (Wildman–Crippen MR) is 109 cm³/mol. The highest BCUT2D eigenvalue weighted by Crippen LogP contribution is 2.15. The van der Waals surface area contributed by atoms with Gasteiger partial charge in [-0.3, -0.25) is 5.10 Å². The zero-order valence-corrected chi connectivity index (χ0v) is 16.8. The van der Waals surface area contributed by atoms with Crippen LogP contribution < -0.4 is 4.74 Å². The van der Waals surface area contributed by atoms with Gasteiger partial charge in [0, 0.05) is 10.9 Å². The third kappa shape index (κ3) is 4.89. The molecule has 26 heavy (non-hydrogen) atoms. The molecule has 0 aliphatic rings. The molecular formula is C19H19BrN4OS. The molecule has 0 saturated carbocycles. The number of aromatic nitrogens is 3. The predicted octanol–water partition coefficient (Wildman–Crippen LogP) is 5.12. The molecule has 0 radical (unpaired) electrons. The second-order valence-corrected chi connectivity index (χ2v) is 7.04. The number of hydrogen-bond acceptors (Lipinski definition) is 4. The van der Waals surface area contributed by atoms with Gasteiger partial charge in [0.25, 0.3) is 0 Å². The van der Waals surface area contributed by atoms with Gasteiger partial charge in [-0.15, -0.1) is 0 Å². The van der Waals surface area contributed by atoms with E-state index in [0.717, 1.165) is 40.0 Å². The van der Waals surface area contributed by atoms with Crippen molar-refractivity contribution in [3.05, 3.63) is 74.7 Å². The highest BCUT2D eigenvalue weighted by molar-refractivity contribution is 9.10. The SMILES string of the molecule is CCCc1n[nH]c(=S)n1/N=C/c1ccc(OCc2ccc(Br)cc2)cc1. The minimum absolute atomic E-state index is 0.499. The summed E-state index contributed by atoms with van der Waals surface area (Å²) < 4.78 is 9.03. The molecular weight excluding hydrogens is 412 g/mol. The lowest BCUT2D eigenvalue weighted by molar-refractivity contribution is 0.306. The van der Waals surface area contributed by atoms with Crippen molar-refractivity contribution in [1.82, 2.24) is 14.9 Å². The highest BCUT2D eigenvalue weighted by Gasteiger charge is 2.03. The number of rotatable bonds is 7. The minimum atomic E-state index is 0.499. The quantitative estimate of drug-likeness (QED) is 0.418. The molecule has 2 aromatic carbocycles. The average Bonchev–Trinajstić information content (AvgIpc) is 3.00. The first-order valence-corrected chi connectivity index (χ1v) is 9.54. The van der Waals surface area contributed by atoms with Gasteiger partial charge in [-0.05, 0) is 66.2 Å². The van der Waals surface area contributed by atoms with Crippen LogP contribution in [0.2, 0.25) is 0 Å². The van der Waals surface area contributed by atoms with Crippen molar-refractivity contribution < 1.29 is 4.74 Å². The van der Waals surface area contributed by atoms with Gasteiger partial charge in [0.2, 0.25) is 4.77 Å². The molecule has 1 N–H and O–H groups in total. The molecule has 0 bridgehead atoms. The summed E-state index contributed by atoms with van der Waals surface area (Å²) in [6.07, 6.45) is 3.58. The first-order chi connectivity index (χ1) is 12.7. The second kappa shape index (κ2) is 8.91. The number of H-pyrrole nitrogens is 1. The standard InChI is InChI=1S/C19H19BrN4OS/c1-2-3-18-22-23-19(26)24(18)21-12-14-6-10-17(11-7-14)25-13-15-4-8-16(20)9-5-15/h4-12H,2-3,13H2,1H3,(H,23,26)/b21-12+. The van der Waals surface area contributed by atoms with Gasteiger partial charge in [-0.2, -0.15) is 14.9 Å². The van der Waals surface area contributed by atoms with E-state index in [-0.39, 0.29) is 0 Å². The van der Waals surface area contributed by atoms with Gasteiger partial charge < -0.3 is 4.74 Å². The van der Waals surface area contributed by atoms with Crippen molar-refractivity contribution >= 4 is 34.4 Å². The van der Waals surface area contributed by atoms with E-state index in [9.17, 15) is 0 Å². The average molecular weight is 431 g/mol. The Morgan fingerprint density at radius 1 is 1.19 bits per heavy atom. The molecule has 0 fully saturated rings. The van der Waals surface area contributed by atoms with Crippen molar-refractivity contribution in [1.29, 1.82) is 0 Å².